The quantitative estimate of drug-likeness (QED) is 0.720. The summed E-state index contributed by atoms with van der Waals surface area (Å²) in [5.74, 6) is 0.744. The summed E-state index contributed by atoms with van der Waals surface area (Å²) in [7, 11) is 3.28. The summed E-state index contributed by atoms with van der Waals surface area (Å²) in [6.07, 6.45) is 0. The summed E-state index contributed by atoms with van der Waals surface area (Å²) in [6, 6.07) is 15.7. The maximum atomic E-state index is 12.9. The Morgan fingerprint density at radius 3 is 2.42 bits per heavy atom. The summed E-state index contributed by atoms with van der Waals surface area (Å²) in [4.78, 5) is 12.9. The first-order chi connectivity index (χ1) is 11.7. The van der Waals surface area contributed by atoms with Gasteiger partial charge >= 0.3 is 0 Å². The van der Waals surface area contributed by atoms with Crippen LogP contribution in [-0.2, 0) is 11.3 Å². The van der Waals surface area contributed by atoms with Crippen molar-refractivity contribution in [2.75, 3.05) is 20.8 Å². The lowest BCUT2D eigenvalue weighted by atomic mass is 9.97. The number of pyridine rings is 1. The molecule has 0 spiro atoms. The van der Waals surface area contributed by atoms with E-state index in [0.29, 0.717) is 18.5 Å². The van der Waals surface area contributed by atoms with Crippen molar-refractivity contribution in [2.24, 2.45) is 0 Å². The Balaban J connectivity index is 2.39. The van der Waals surface area contributed by atoms with Gasteiger partial charge in [0, 0.05) is 35.7 Å². The molecule has 0 unspecified atom stereocenters. The minimum Gasteiger partial charge on any atom is -0.497 e. The van der Waals surface area contributed by atoms with Gasteiger partial charge in [-0.3, -0.25) is 4.79 Å². The van der Waals surface area contributed by atoms with Crippen LogP contribution < -0.4 is 10.3 Å². The molecule has 3 aromatic rings. The van der Waals surface area contributed by atoms with Crippen LogP contribution in [0.25, 0.3) is 21.9 Å². The van der Waals surface area contributed by atoms with Crippen LogP contribution in [0.3, 0.4) is 0 Å². The first-order valence-corrected chi connectivity index (χ1v) is 7.93. The lowest BCUT2D eigenvalue weighted by Crippen LogP contribution is -2.25. The summed E-state index contributed by atoms with van der Waals surface area (Å²) < 4.78 is 12.3. The van der Waals surface area contributed by atoms with Gasteiger partial charge in [-0.25, -0.2) is 0 Å². The van der Waals surface area contributed by atoms with Crippen LogP contribution in [0.4, 0.5) is 0 Å². The third kappa shape index (κ3) is 2.81. The first-order valence-electron chi connectivity index (χ1n) is 7.93. The maximum absolute atomic E-state index is 12.9. The van der Waals surface area contributed by atoms with E-state index in [2.05, 4.69) is 12.1 Å². The van der Waals surface area contributed by atoms with Gasteiger partial charge in [0.1, 0.15) is 5.75 Å². The Labute approximate surface area is 141 Å². The van der Waals surface area contributed by atoms with Crippen LogP contribution >= 0.6 is 0 Å². The Morgan fingerprint density at radius 1 is 1.00 bits per heavy atom. The Bertz CT molecular complexity index is 914. The van der Waals surface area contributed by atoms with E-state index in [0.717, 1.165) is 28.0 Å². The molecule has 0 saturated heterocycles. The van der Waals surface area contributed by atoms with Gasteiger partial charge in [-0.1, -0.05) is 30.3 Å². The van der Waals surface area contributed by atoms with E-state index in [4.69, 9.17) is 9.47 Å². The zero-order chi connectivity index (χ0) is 17.1. The molecule has 0 amide bonds. The Morgan fingerprint density at radius 2 is 1.75 bits per heavy atom. The topological polar surface area (TPSA) is 40.5 Å². The van der Waals surface area contributed by atoms with Crippen LogP contribution in [0.15, 0.2) is 53.3 Å². The number of aromatic nitrogens is 1. The molecule has 0 saturated carbocycles. The molecular formula is C20H21NO3. The predicted molar refractivity (Wildman–Crippen MR) is 96.8 cm³/mol. The molecule has 0 fully saturated rings. The molecule has 1 heterocycles. The van der Waals surface area contributed by atoms with Gasteiger partial charge in [0.05, 0.1) is 13.7 Å². The van der Waals surface area contributed by atoms with Crippen molar-refractivity contribution in [3.05, 3.63) is 64.6 Å². The highest BCUT2D eigenvalue weighted by molar-refractivity contribution is 5.98. The molecule has 0 aliphatic heterocycles. The average molecular weight is 323 g/mol. The normalized spacial score (nSPS) is 11.0. The summed E-state index contributed by atoms with van der Waals surface area (Å²) >= 11 is 0. The minimum atomic E-state index is 0.00174. The van der Waals surface area contributed by atoms with E-state index in [-0.39, 0.29) is 5.56 Å². The van der Waals surface area contributed by atoms with Crippen LogP contribution in [0, 0.1) is 6.92 Å². The van der Waals surface area contributed by atoms with E-state index in [1.807, 2.05) is 43.3 Å². The lowest BCUT2D eigenvalue weighted by molar-refractivity contribution is 0.186. The number of ether oxygens (including phenoxy) is 2. The number of rotatable bonds is 5. The van der Waals surface area contributed by atoms with Crippen molar-refractivity contribution >= 4 is 10.8 Å². The van der Waals surface area contributed by atoms with E-state index in [9.17, 15) is 4.79 Å². The molecule has 3 rings (SSSR count). The zero-order valence-electron chi connectivity index (χ0n) is 14.2. The third-order valence-electron chi connectivity index (χ3n) is 4.32. The van der Waals surface area contributed by atoms with Gasteiger partial charge in [-0.15, -0.1) is 0 Å². The van der Waals surface area contributed by atoms with Crippen LogP contribution in [0.1, 0.15) is 5.69 Å². The van der Waals surface area contributed by atoms with Gasteiger partial charge in [0.25, 0.3) is 5.56 Å². The van der Waals surface area contributed by atoms with Gasteiger partial charge in [0.15, 0.2) is 0 Å². The SMILES string of the molecule is COCCn1c(C)c(-c2ccccc2)c2cc(OC)ccc2c1=O. The van der Waals surface area contributed by atoms with E-state index in [1.54, 1.807) is 18.8 Å². The first kappa shape index (κ1) is 16.3. The molecule has 1 aromatic heterocycles. The molecule has 2 aromatic carbocycles. The molecule has 0 atom stereocenters. The lowest BCUT2D eigenvalue weighted by Gasteiger charge is -2.18. The molecule has 0 aliphatic rings. The van der Waals surface area contributed by atoms with E-state index >= 15 is 0 Å². The summed E-state index contributed by atoms with van der Waals surface area (Å²) in [5, 5.41) is 1.60. The molecule has 4 heteroatoms. The number of hydrogen-bond donors (Lipinski definition) is 0. The Hall–Kier alpha value is -2.59. The van der Waals surface area contributed by atoms with Crippen molar-refractivity contribution in [3.8, 4) is 16.9 Å². The van der Waals surface area contributed by atoms with Crippen molar-refractivity contribution in [1.29, 1.82) is 0 Å². The van der Waals surface area contributed by atoms with Gasteiger partial charge < -0.3 is 14.0 Å². The fourth-order valence-electron chi connectivity index (χ4n) is 3.09. The fraction of sp³-hybridized carbons (Fsp3) is 0.250. The number of hydrogen-bond acceptors (Lipinski definition) is 3. The highest BCUT2D eigenvalue weighted by Gasteiger charge is 2.15. The highest BCUT2D eigenvalue weighted by atomic mass is 16.5. The molecule has 0 N–H and O–H groups in total. The number of nitrogens with zero attached hydrogens (tertiary/aromatic N) is 1. The van der Waals surface area contributed by atoms with E-state index < -0.39 is 0 Å². The third-order valence-corrected chi connectivity index (χ3v) is 4.32. The summed E-state index contributed by atoms with van der Waals surface area (Å²) in [5.41, 5.74) is 3.07. The molecular weight excluding hydrogens is 302 g/mol. The number of benzene rings is 2. The second-order valence-corrected chi connectivity index (χ2v) is 5.69. The fourth-order valence-corrected chi connectivity index (χ4v) is 3.09. The van der Waals surface area contributed by atoms with Gasteiger partial charge in [0.2, 0.25) is 0 Å². The molecule has 24 heavy (non-hydrogen) atoms. The van der Waals surface area contributed by atoms with Gasteiger partial charge in [-0.2, -0.15) is 0 Å². The van der Waals surface area contributed by atoms with Crippen molar-refractivity contribution in [1.82, 2.24) is 4.57 Å². The van der Waals surface area contributed by atoms with Crippen LogP contribution in [0.2, 0.25) is 0 Å². The van der Waals surface area contributed by atoms with Gasteiger partial charge in [-0.05, 0) is 30.7 Å². The number of methoxy groups -OCH3 is 2. The summed E-state index contributed by atoms with van der Waals surface area (Å²) in [6.45, 7) is 3.01. The Kier molecular flexibility index (Phi) is 4.67. The molecule has 0 aliphatic carbocycles. The van der Waals surface area contributed by atoms with E-state index in [1.165, 1.54) is 0 Å². The molecule has 4 nitrogen and oxygen atoms in total. The second-order valence-electron chi connectivity index (χ2n) is 5.69. The van der Waals surface area contributed by atoms with Crippen molar-refractivity contribution < 1.29 is 9.47 Å². The van der Waals surface area contributed by atoms with Crippen molar-refractivity contribution in [3.63, 3.8) is 0 Å². The monoisotopic (exact) mass is 323 g/mol. The standard InChI is InChI=1S/C20H21NO3/c1-14-19(15-7-5-4-6-8-15)18-13-16(24-3)9-10-17(18)20(22)21(14)11-12-23-2/h4-10,13H,11-12H2,1-3H3. The van der Waals surface area contributed by atoms with Crippen LogP contribution in [-0.4, -0.2) is 25.4 Å². The highest BCUT2D eigenvalue weighted by Crippen LogP contribution is 2.32. The van der Waals surface area contributed by atoms with Crippen molar-refractivity contribution in [2.45, 2.75) is 13.5 Å². The largest absolute Gasteiger partial charge is 0.497 e. The maximum Gasteiger partial charge on any atom is 0.258 e. The van der Waals surface area contributed by atoms with Crippen LogP contribution in [0.5, 0.6) is 5.75 Å². The average Bonchev–Trinajstić information content (AvgIpc) is 2.62. The molecule has 0 bridgehead atoms. The minimum absolute atomic E-state index is 0.00174. The smallest absolute Gasteiger partial charge is 0.258 e. The molecule has 124 valence electrons. The second kappa shape index (κ2) is 6.89. The predicted octanol–water partition coefficient (Wildman–Crippen LogP) is 3.63. The molecule has 0 radical (unpaired) electrons. The zero-order valence-corrected chi connectivity index (χ0v) is 14.2. The number of fused-ring (bicyclic) bond motifs is 1.